The average Bonchev–Trinajstić information content (AvgIpc) is 3.05. The van der Waals surface area contributed by atoms with Crippen molar-refractivity contribution in [2.75, 3.05) is 12.3 Å². The molecule has 0 bridgehead atoms. The minimum absolute atomic E-state index is 0.695. The van der Waals surface area contributed by atoms with E-state index in [-0.39, 0.29) is 0 Å². The molecular formula is C13H19N3S2. The van der Waals surface area contributed by atoms with Crippen molar-refractivity contribution < 1.29 is 0 Å². The van der Waals surface area contributed by atoms with Gasteiger partial charge in [-0.2, -0.15) is 0 Å². The standard InChI is InChI=1S/C13H19N3S2/c14-6-5-11-12(15-13-16(11)7-8-17-13)18-9-10-3-1-2-4-10/h7-8,10H,1-6,9,14H2. The van der Waals surface area contributed by atoms with E-state index in [0.29, 0.717) is 6.54 Å². The van der Waals surface area contributed by atoms with Crippen LogP contribution in [0, 0.1) is 5.92 Å². The van der Waals surface area contributed by atoms with Crippen LogP contribution in [0.5, 0.6) is 0 Å². The molecule has 5 heteroatoms. The Bertz CT molecular complexity index is 511. The highest BCUT2D eigenvalue weighted by Gasteiger charge is 2.18. The highest BCUT2D eigenvalue weighted by atomic mass is 32.2. The lowest BCUT2D eigenvalue weighted by Gasteiger charge is -2.07. The Kier molecular flexibility index (Phi) is 3.91. The number of aromatic nitrogens is 2. The number of thiazole rings is 1. The van der Waals surface area contributed by atoms with Gasteiger partial charge in [0, 0.05) is 23.8 Å². The Hall–Kier alpha value is -0.520. The van der Waals surface area contributed by atoms with Crippen LogP contribution in [0.2, 0.25) is 0 Å². The molecule has 0 saturated heterocycles. The summed E-state index contributed by atoms with van der Waals surface area (Å²) in [6.45, 7) is 0.695. The second-order valence-corrected chi connectivity index (χ2v) is 6.80. The maximum absolute atomic E-state index is 5.72. The fourth-order valence-corrected chi connectivity index (χ4v) is 4.70. The van der Waals surface area contributed by atoms with E-state index >= 15 is 0 Å². The summed E-state index contributed by atoms with van der Waals surface area (Å²) in [6, 6.07) is 0. The molecule has 2 aromatic rings. The Morgan fingerprint density at radius 3 is 3.06 bits per heavy atom. The summed E-state index contributed by atoms with van der Waals surface area (Å²) >= 11 is 3.64. The molecule has 0 aliphatic heterocycles. The molecule has 0 amide bonds. The first-order chi connectivity index (χ1) is 8.88. The van der Waals surface area contributed by atoms with Gasteiger partial charge in [0.2, 0.25) is 0 Å². The molecule has 0 aromatic carbocycles. The third-order valence-electron chi connectivity index (χ3n) is 3.64. The third kappa shape index (κ3) is 2.44. The topological polar surface area (TPSA) is 43.3 Å². The quantitative estimate of drug-likeness (QED) is 0.856. The second-order valence-electron chi connectivity index (χ2n) is 4.92. The van der Waals surface area contributed by atoms with Gasteiger partial charge in [0.15, 0.2) is 4.96 Å². The van der Waals surface area contributed by atoms with Gasteiger partial charge in [-0.3, -0.25) is 4.40 Å². The predicted octanol–water partition coefficient (Wildman–Crippen LogP) is 3.18. The van der Waals surface area contributed by atoms with Crippen molar-refractivity contribution in [1.82, 2.24) is 9.38 Å². The third-order valence-corrected chi connectivity index (χ3v) is 5.63. The fourth-order valence-electron chi connectivity index (χ4n) is 2.67. The number of nitrogens with two attached hydrogens (primary N) is 1. The summed E-state index contributed by atoms with van der Waals surface area (Å²) in [6.07, 6.45) is 8.67. The van der Waals surface area contributed by atoms with Crippen LogP contribution in [0.25, 0.3) is 4.96 Å². The Morgan fingerprint density at radius 2 is 2.28 bits per heavy atom. The van der Waals surface area contributed by atoms with Crippen molar-refractivity contribution in [2.24, 2.45) is 11.7 Å². The molecule has 2 N–H and O–H groups in total. The molecule has 3 rings (SSSR count). The van der Waals surface area contributed by atoms with Crippen LogP contribution in [0.15, 0.2) is 16.6 Å². The lowest BCUT2D eigenvalue weighted by molar-refractivity contribution is 0.622. The van der Waals surface area contributed by atoms with Gasteiger partial charge in [0.05, 0.1) is 5.69 Å². The number of rotatable bonds is 5. The number of hydrogen-bond acceptors (Lipinski definition) is 4. The van der Waals surface area contributed by atoms with E-state index in [1.165, 1.54) is 42.2 Å². The zero-order valence-electron chi connectivity index (χ0n) is 10.5. The van der Waals surface area contributed by atoms with E-state index in [0.717, 1.165) is 17.3 Å². The van der Waals surface area contributed by atoms with Crippen molar-refractivity contribution in [2.45, 2.75) is 37.1 Å². The lowest BCUT2D eigenvalue weighted by Crippen LogP contribution is -2.06. The number of thioether (sulfide) groups is 1. The molecule has 2 aromatic heterocycles. The van der Waals surface area contributed by atoms with Gasteiger partial charge in [-0.1, -0.05) is 12.8 Å². The number of hydrogen-bond donors (Lipinski definition) is 1. The van der Waals surface area contributed by atoms with Crippen molar-refractivity contribution >= 4 is 28.1 Å². The van der Waals surface area contributed by atoms with E-state index in [1.807, 2.05) is 11.8 Å². The van der Waals surface area contributed by atoms with Crippen LogP contribution in [-0.4, -0.2) is 21.7 Å². The summed E-state index contributed by atoms with van der Waals surface area (Å²) < 4.78 is 2.20. The van der Waals surface area contributed by atoms with E-state index in [2.05, 4.69) is 16.0 Å². The van der Waals surface area contributed by atoms with Crippen LogP contribution >= 0.6 is 23.1 Å². The van der Waals surface area contributed by atoms with Crippen molar-refractivity contribution in [3.8, 4) is 0 Å². The molecule has 2 heterocycles. The SMILES string of the molecule is NCCc1c(SCC2CCCC2)nc2sccn12. The largest absolute Gasteiger partial charge is 0.330 e. The van der Waals surface area contributed by atoms with Crippen molar-refractivity contribution in [1.29, 1.82) is 0 Å². The minimum atomic E-state index is 0.695. The summed E-state index contributed by atoms with van der Waals surface area (Å²) in [5.74, 6) is 2.13. The zero-order chi connectivity index (χ0) is 12.4. The fraction of sp³-hybridized carbons (Fsp3) is 0.615. The Balaban J connectivity index is 1.76. The molecule has 1 aliphatic carbocycles. The number of imidazole rings is 1. The van der Waals surface area contributed by atoms with Gasteiger partial charge >= 0.3 is 0 Å². The highest BCUT2D eigenvalue weighted by Crippen LogP contribution is 2.33. The molecule has 1 fully saturated rings. The zero-order valence-corrected chi connectivity index (χ0v) is 12.1. The van der Waals surface area contributed by atoms with Gasteiger partial charge in [0.25, 0.3) is 0 Å². The van der Waals surface area contributed by atoms with Crippen LogP contribution in [0.1, 0.15) is 31.4 Å². The van der Waals surface area contributed by atoms with Crippen LogP contribution in [-0.2, 0) is 6.42 Å². The van der Waals surface area contributed by atoms with Crippen molar-refractivity contribution in [3.63, 3.8) is 0 Å². The van der Waals surface area contributed by atoms with Gasteiger partial charge in [-0.25, -0.2) is 4.98 Å². The second kappa shape index (κ2) is 5.63. The van der Waals surface area contributed by atoms with Crippen LogP contribution < -0.4 is 5.73 Å². The summed E-state index contributed by atoms with van der Waals surface area (Å²) in [7, 11) is 0. The number of nitrogens with zero attached hydrogens (tertiary/aromatic N) is 2. The first kappa shape index (κ1) is 12.5. The van der Waals surface area contributed by atoms with E-state index in [1.54, 1.807) is 11.3 Å². The van der Waals surface area contributed by atoms with E-state index < -0.39 is 0 Å². The first-order valence-electron chi connectivity index (χ1n) is 6.66. The Morgan fingerprint density at radius 1 is 1.44 bits per heavy atom. The normalized spacial score (nSPS) is 16.9. The predicted molar refractivity (Wildman–Crippen MR) is 78.5 cm³/mol. The maximum atomic E-state index is 5.72. The smallest absolute Gasteiger partial charge is 0.194 e. The first-order valence-corrected chi connectivity index (χ1v) is 8.52. The summed E-state index contributed by atoms with van der Waals surface area (Å²) in [5, 5.41) is 3.30. The molecule has 0 unspecified atom stereocenters. The molecule has 1 aliphatic rings. The van der Waals surface area contributed by atoms with E-state index in [9.17, 15) is 0 Å². The van der Waals surface area contributed by atoms with Gasteiger partial charge in [0.1, 0.15) is 5.03 Å². The van der Waals surface area contributed by atoms with Gasteiger partial charge < -0.3 is 5.73 Å². The lowest BCUT2D eigenvalue weighted by atomic mass is 10.1. The number of fused-ring (bicyclic) bond motifs is 1. The molecule has 0 atom stereocenters. The van der Waals surface area contributed by atoms with Crippen LogP contribution in [0.4, 0.5) is 0 Å². The molecule has 1 saturated carbocycles. The van der Waals surface area contributed by atoms with Crippen LogP contribution in [0.3, 0.4) is 0 Å². The van der Waals surface area contributed by atoms with E-state index in [4.69, 9.17) is 10.7 Å². The monoisotopic (exact) mass is 281 g/mol. The molecular weight excluding hydrogens is 262 g/mol. The highest BCUT2D eigenvalue weighted by molar-refractivity contribution is 7.99. The molecule has 0 radical (unpaired) electrons. The maximum Gasteiger partial charge on any atom is 0.194 e. The summed E-state index contributed by atoms with van der Waals surface area (Å²) in [5.41, 5.74) is 7.02. The van der Waals surface area contributed by atoms with Gasteiger partial charge in [-0.15, -0.1) is 23.1 Å². The summed E-state index contributed by atoms with van der Waals surface area (Å²) in [4.78, 5) is 5.85. The average molecular weight is 281 g/mol. The van der Waals surface area contributed by atoms with Crippen molar-refractivity contribution in [3.05, 3.63) is 17.3 Å². The molecule has 0 spiro atoms. The molecule has 18 heavy (non-hydrogen) atoms. The molecule has 3 nitrogen and oxygen atoms in total. The Labute approximate surface area is 116 Å². The molecule has 98 valence electrons. The van der Waals surface area contributed by atoms with Gasteiger partial charge in [-0.05, 0) is 25.3 Å². The minimum Gasteiger partial charge on any atom is -0.330 e.